The number of rotatable bonds is 5. The highest BCUT2D eigenvalue weighted by Crippen LogP contribution is 2.19. The van der Waals surface area contributed by atoms with Crippen molar-refractivity contribution in [1.82, 2.24) is 19.7 Å². The fourth-order valence-electron chi connectivity index (χ4n) is 4.07. The Kier molecular flexibility index (Phi) is 6.30. The average Bonchev–Trinajstić information content (AvgIpc) is 2.80. The summed E-state index contributed by atoms with van der Waals surface area (Å²) in [5, 5.41) is 0. The Bertz CT molecular complexity index is 937. The molecule has 0 saturated carbocycles. The molecule has 0 N–H and O–H groups in total. The number of carbonyl (C=O) groups is 3. The Balaban J connectivity index is 1.34. The van der Waals surface area contributed by atoms with Crippen molar-refractivity contribution in [2.24, 2.45) is 5.92 Å². The number of likely N-dealkylation sites (tertiary alicyclic amines) is 1. The highest BCUT2D eigenvalue weighted by molar-refractivity contribution is 6.35. The first-order valence-electron chi connectivity index (χ1n) is 10.9. The monoisotopic (exact) mass is 420 g/mol. The topological polar surface area (TPSA) is 73.8 Å². The van der Waals surface area contributed by atoms with E-state index in [1.165, 1.54) is 0 Å². The van der Waals surface area contributed by atoms with E-state index >= 15 is 0 Å². The molecule has 2 fully saturated rings. The number of benzene rings is 1. The molecule has 7 nitrogen and oxygen atoms in total. The van der Waals surface area contributed by atoms with Crippen molar-refractivity contribution < 1.29 is 14.4 Å². The number of piperazine rings is 1. The number of hydrogen-bond donors (Lipinski definition) is 0. The van der Waals surface area contributed by atoms with Gasteiger partial charge in [0.05, 0.1) is 12.2 Å². The summed E-state index contributed by atoms with van der Waals surface area (Å²) in [5.41, 5.74) is 2.34. The quantitative estimate of drug-likeness (QED) is 0.696. The Morgan fingerprint density at radius 3 is 2.16 bits per heavy atom. The summed E-state index contributed by atoms with van der Waals surface area (Å²) in [6, 6.07) is 12.9. The van der Waals surface area contributed by atoms with Crippen LogP contribution in [0.4, 0.5) is 0 Å². The standard InChI is InChI=1S/C24H28N4O3/c1-18-9-12-26(13-10-18)22(29)20-7-5-19(6-8-20)16-27-14-15-28(24(31)23(27)30)17-21-4-2-3-11-25-21/h2-8,11,18H,9-10,12-17H2,1H3. The molecule has 0 atom stereocenters. The summed E-state index contributed by atoms with van der Waals surface area (Å²) >= 11 is 0. The van der Waals surface area contributed by atoms with Crippen LogP contribution in [0.1, 0.15) is 41.4 Å². The first-order valence-corrected chi connectivity index (χ1v) is 10.9. The fourth-order valence-corrected chi connectivity index (χ4v) is 4.07. The maximum atomic E-state index is 12.7. The summed E-state index contributed by atoms with van der Waals surface area (Å²) in [6.07, 6.45) is 3.77. The third-order valence-corrected chi connectivity index (χ3v) is 6.12. The number of pyridine rings is 1. The smallest absolute Gasteiger partial charge is 0.312 e. The second kappa shape index (κ2) is 9.29. The van der Waals surface area contributed by atoms with Crippen LogP contribution in [0, 0.1) is 5.92 Å². The molecule has 7 heteroatoms. The minimum absolute atomic E-state index is 0.0628. The molecule has 31 heavy (non-hydrogen) atoms. The van der Waals surface area contributed by atoms with Crippen LogP contribution in [0.25, 0.3) is 0 Å². The minimum atomic E-state index is -0.497. The van der Waals surface area contributed by atoms with Crippen LogP contribution in [0.5, 0.6) is 0 Å². The van der Waals surface area contributed by atoms with Crippen LogP contribution in [0.3, 0.4) is 0 Å². The zero-order valence-corrected chi connectivity index (χ0v) is 17.9. The Hall–Kier alpha value is -3.22. The summed E-state index contributed by atoms with van der Waals surface area (Å²) in [4.78, 5) is 47.1. The average molecular weight is 421 g/mol. The molecule has 2 saturated heterocycles. The summed E-state index contributed by atoms with van der Waals surface area (Å²) in [5.74, 6) is -0.253. The number of aromatic nitrogens is 1. The van der Waals surface area contributed by atoms with Crippen LogP contribution in [0.15, 0.2) is 48.7 Å². The van der Waals surface area contributed by atoms with E-state index < -0.39 is 11.8 Å². The Morgan fingerprint density at radius 1 is 0.903 bits per heavy atom. The van der Waals surface area contributed by atoms with Gasteiger partial charge in [-0.1, -0.05) is 25.1 Å². The molecule has 0 spiro atoms. The van der Waals surface area contributed by atoms with Gasteiger partial charge in [-0.3, -0.25) is 19.4 Å². The maximum Gasteiger partial charge on any atom is 0.312 e. The number of amides is 3. The summed E-state index contributed by atoms with van der Waals surface area (Å²) < 4.78 is 0. The minimum Gasteiger partial charge on any atom is -0.339 e. The highest BCUT2D eigenvalue weighted by atomic mass is 16.2. The predicted octanol–water partition coefficient (Wildman–Crippen LogP) is 2.32. The van der Waals surface area contributed by atoms with Gasteiger partial charge < -0.3 is 14.7 Å². The SMILES string of the molecule is CC1CCN(C(=O)c2ccc(CN3CCN(Cc4ccccn4)C(=O)C3=O)cc2)CC1. The second-order valence-electron chi connectivity index (χ2n) is 8.45. The van der Waals surface area contributed by atoms with Crippen molar-refractivity contribution in [3.8, 4) is 0 Å². The third-order valence-electron chi connectivity index (χ3n) is 6.12. The highest BCUT2D eigenvalue weighted by Gasteiger charge is 2.32. The van der Waals surface area contributed by atoms with Crippen LogP contribution in [-0.4, -0.2) is 63.6 Å². The fraction of sp³-hybridized carbons (Fsp3) is 0.417. The molecule has 0 unspecified atom stereocenters. The van der Waals surface area contributed by atoms with Crippen molar-refractivity contribution in [3.05, 3.63) is 65.5 Å². The summed E-state index contributed by atoms with van der Waals surface area (Å²) in [7, 11) is 0. The lowest BCUT2D eigenvalue weighted by Crippen LogP contribution is -2.53. The zero-order valence-electron chi connectivity index (χ0n) is 17.9. The molecule has 2 aliphatic heterocycles. The van der Waals surface area contributed by atoms with E-state index in [2.05, 4.69) is 11.9 Å². The molecule has 2 aromatic rings. The molecule has 1 aromatic heterocycles. The molecule has 0 bridgehead atoms. The van der Waals surface area contributed by atoms with Gasteiger partial charge in [-0.2, -0.15) is 0 Å². The van der Waals surface area contributed by atoms with Crippen LogP contribution < -0.4 is 0 Å². The van der Waals surface area contributed by atoms with Crippen molar-refractivity contribution >= 4 is 17.7 Å². The molecule has 162 valence electrons. The summed E-state index contributed by atoms with van der Waals surface area (Å²) in [6.45, 7) is 5.49. The van der Waals surface area contributed by atoms with Gasteiger partial charge in [0.15, 0.2) is 0 Å². The molecular formula is C24H28N4O3. The third kappa shape index (κ3) is 4.93. The normalized spacial score (nSPS) is 17.9. The van der Waals surface area contributed by atoms with Crippen LogP contribution in [-0.2, 0) is 22.7 Å². The zero-order chi connectivity index (χ0) is 21.8. The van der Waals surface area contributed by atoms with E-state index in [9.17, 15) is 14.4 Å². The van der Waals surface area contributed by atoms with E-state index in [1.807, 2.05) is 47.4 Å². The van der Waals surface area contributed by atoms with Gasteiger partial charge in [-0.25, -0.2) is 0 Å². The number of piperidine rings is 1. The molecule has 0 aliphatic carbocycles. The van der Waals surface area contributed by atoms with Gasteiger partial charge >= 0.3 is 11.8 Å². The first-order chi connectivity index (χ1) is 15.0. The van der Waals surface area contributed by atoms with E-state index in [0.29, 0.717) is 37.7 Å². The van der Waals surface area contributed by atoms with Gasteiger partial charge in [0.25, 0.3) is 5.91 Å². The van der Waals surface area contributed by atoms with Crippen LogP contribution in [0.2, 0.25) is 0 Å². The van der Waals surface area contributed by atoms with Gasteiger partial charge in [-0.15, -0.1) is 0 Å². The van der Waals surface area contributed by atoms with E-state index in [1.54, 1.807) is 16.0 Å². The number of carbonyl (C=O) groups excluding carboxylic acids is 3. The maximum absolute atomic E-state index is 12.7. The number of nitrogens with zero attached hydrogens (tertiary/aromatic N) is 4. The van der Waals surface area contributed by atoms with Gasteiger partial charge in [0, 0.05) is 44.5 Å². The molecule has 4 rings (SSSR count). The van der Waals surface area contributed by atoms with Crippen molar-refractivity contribution in [2.45, 2.75) is 32.9 Å². The molecule has 3 heterocycles. The molecule has 3 amide bonds. The Morgan fingerprint density at radius 2 is 1.55 bits per heavy atom. The van der Waals surface area contributed by atoms with Crippen molar-refractivity contribution in [2.75, 3.05) is 26.2 Å². The van der Waals surface area contributed by atoms with Gasteiger partial charge in [0.1, 0.15) is 0 Å². The largest absolute Gasteiger partial charge is 0.339 e. The van der Waals surface area contributed by atoms with Crippen molar-refractivity contribution in [1.29, 1.82) is 0 Å². The predicted molar refractivity (Wildman–Crippen MR) is 116 cm³/mol. The van der Waals surface area contributed by atoms with E-state index in [0.717, 1.165) is 37.2 Å². The van der Waals surface area contributed by atoms with Gasteiger partial charge in [-0.05, 0) is 48.6 Å². The molecule has 0 radical (unpaired) electrons. The lowest BCUT2D eigenvalue weighted by Gasteiger charge is -2.33. The van der Waals surface area contributed by atoms with Gasteiger partial charge in [0.2, 0.25) is 0 Å². The second-order valence-corrected chi connectivity index (χ2v) is 8.45. The molecule has 1 aromatic carbocycles. The molecular weight excluding hydrogens is 392 g/mol. The Labute approximate surface area is 182 Å². The number of hydrogen-bond acceptors (Lipinski definition) is 4. The lowest BCUT2D eigenvalue weighted by molar-refractivity contribution is -0.156. The van der Waals surface area contributed by atoms with Crippen molar-refractivity contribution in [3.63, 3.8) is 0 Å². The first kappa shape index (κ1) is 21.0. The molecule has 2 aliphatic rings. The lowest BCUT2D eigenvalue weighted by atomic mass is 9.98. The van der Waals surface area contributed by atoms with E-state index in [-0.39, 0.29) is 5.91 Å². The van der Waals surface area contributed by atoms with E-state index in [4.69, 9.17) is 0 Å². The van der Waals surface area contributed by atoms with Crippen LogP contribution >= 0.6 is 0 Å².